The first-order valence-corrected chi connectivity index (χ1v) is 11.7. The molecule has 35 heavy (non-hydrogen) atoms. The standard InChI is InChI=1S/C26H26F3N5O/c1-18-15-33(16-30-18)22-10-8-19(9-11-22)23-24(35)34(25(32-23)12-3-2-4-13-25)17-31-21-7-5-6-20(14-21)26(27,28)29/h5-11,14-16,31H,2-4,12-13,17H2,1H3. The van der Waals surface area contributed by atoms with E-state index in [1.807, 2.05) is 42.0 Å². The molecule has 6 nitrogen and oxygen atoms in total. The molecule has 0 atom stereocenters. The molecule has 1 N–H and O–H groups in total. The van der Waals surface area contributed by atoms with E-state index in [4.69, 9.17) is 4.99 Å². The number of aliphatic imine (C=N–C) groups is 1. The van der Waals surface area contributed by atoms with Gasteiger partial charge in [-0.15, -0.1) is 0 Å². The fraction of sp³-hybridized carbons (Fsp3) is 0.346. The monoisotopic (exact) mass is 481 g/mol. The van der Waals surface area contributed by atoms with Crippen LogP contribution in [-0.4, -0.2) is 38.4 Å². The van der Waals surface area contributed by atoms with Crippen LogP contribution in [0.15, 0.2) is 66.0 Å². The number of aromatic nitrogens is 2. The molecule has 1 aliphatic carbocycles. The summed E-state index contributed by atoms with van der Waals surface area (Å²) in [5, 5.41) is 3.03. The van der Waals surface area contributed by atoms with Crippen molar-refractivity contribution in [3.05, 3.63) is 77.9 Å². The maximum absolute atomic E-state index is 13.5. The molecule has 0 unspecified atom stereocenters. The van der Waals surface area contributed by atoms with Crippen LogP contribution in [0.2, 0.25) is 0 Å². The van der Waals surface area contributed by atoms with E-state index in [2.05, 4.69) is 10.3 Å². The average molecular weight is 482 g/mol. The maximum atomic E-state index is 13.5. The van der Waals surface area contributed by atoms with E-state index in [0.717, 1.165) is 61.2 Å². The van der Waals surface area contributed by atoms with Crippen LogP contribution in [0.1, 0.15) is 48.9 Å². The van der Waals surface area contributed by atoms with E-state index in [0.29, 0.717) is 11.4 Å². The van der Waals surface area contributed by atoms with Gasteiger partial charge in [0, 0.05) is 23.1 Å². The van der Waals surface area contributed by atoms with Gasteiger partial charge in [-0.2, -0.15) is 13.2 Å². The molecule has 0 radical (unpaired) electrons. The third-order valence-electron chi connectivity index (χ3n) is 6.71. The van der Waals surface area contributed by atoms with Crippen LogP contribution in [0.5, 0.6) is 0 Å². The van der Waals surface area contributed by atoms with Crippen LogP contribution in [0.3, 0.4) is 0 Å². The number of alkyl halides is 3. The number of hydrogen-bond acceptors (Lipinski definition) is 4. The smallest absolute Gasteiger partial charge is 0.368 e. The number of rotatable bonds is 5. The zero-order valence-corrected chi connectivity index (χ0v) is 19.3. The van der Waals surface area contributed by atoms with Crippen LogP contribution in [-0.2, 0) is 11.0 Å². The predicted molar refractivity (Wildman–Crippen MR) is 127 cm³/mol. The summed E-state index contributed by atoms with van der Waals surface area (Å²) in [6, 6.07) is 12.6. The van der Waals surface area contributed by atoms with E-state index >= 15 is 0 Å². The quantitative estimate of drug-likeness (QED) is 0.519. The van der Waals surface area contributed by atoms with Gasteiger partial charge < -0.3 is 9.88 Å². The second-order valence-electron chi connectivity index (χ2n) is 9.12. The van der Waals surface area contributed by atoms with Crippen LogP contribution in [0, 0.1) is 6.92 Å². The molecule has 2 heterocycles. The zero-order chi connectivity index (χ0) is 24.6. The molecule has 1 aromatic heterocycles. The number of hydrogen-bond donors (Lipinski definition) is 1. The first kappa shape index (κ1) is 23.1. The van der Waals surface area contributed by atoms with Crippen molar-refractivity contribution in [1.82, 2.24) is 14.5 Å². The van der Waals surface area contributed by atoms with E-state index in [1.54, 1.807) is 17.3 Å². The molecule has 1 saturated carbocycles. The van der Waals surface area contributed by atoms with Crippen molar-refractivity contribution >= 4 is 17.3 Å². The van der Waals surface area contributed by atoms with Gasteiger partial charge in [0.15, 0.2) is 0 Å². The van der Waals surface area contributed by atoms with Gasteiger partial charge in [0.05, 0.1) is 24.3 Å². The fourth-order valence-electron chi connectivity index (χ4n) is 4.87. The van der Waals surface area contributed by atoms with Crippen LogP contribution in [0.4, 0.5) is 18.9 Å². The van der Waals surface area contributed by atoms with E-state index < -0.39 is 17.4 Å². The van der Waals surface area contributed by atoms with E-state index in [1.165, 1.54) is 6.07 Å². The van der Waals surface area contributed by atoms with Crippen molar-refractivity contribution in [3.63, 3.8) is 0 Å². The van der Waals surface area contributed by atoms with Crippen LogP contribution < -0.4 is 5.32 Å². The number of carbonyl (C=O) groups excluding carboxylic acids is 1. The Labute approximate surface area is 201 Å². The summed E-state index contributed by atoms with van der Waals surface area (Å²) in [6.07, 6.45) is 3.68. The molecule has 2 aliphatic rings. The topological polar surface area (TPSA) is 62.5 Å². The van der Waals surface area contributed by atoms with E-state index in [-0.39, 0.29) is 12.6 Å². The fourth-order valence-corrected chi connectivity index (χ4v) is 4.87. The molecule has 1 aliphatic heterocycles. The second-order valence-corrected chi connectivity index (χ2v) is 9.12. The number of anilines is 1. The van der Waals surface area contributed by atoms with Crippen molar-refractivity contribution in [3.8, 4) is 5.69 Å². The van der Waals surface area contributed by atoms with Gasteiger partial charge in [-0.05, 0) is 62.9 Å². The van der Waals surface area contributed by atoms with Crippen molar-refractivity contribution in [2.75, 3.05) is 12.0 Å². The molecular weight excluding hydrogens is 455 g/mol. The summed E-state index contributed by atoms with van der Waals surface area (Å²) >= 11 is 0. The normalized spacial score (nSPS) is 17.7. The number of benzene rings is 2. The minimum Gasteiger partial charge on any atom is -0.368 e. The van der Waals surface area contributed by atoms with Gasteiger partial charge in [-0.3, -0.25) is 14.7 Å². The SMILES string of the molecule is Cc1cn(-c2ccc(C3=NC4(CCCCC4)N(CNc4cccc(C(F)(F)F)c4)C3=O)cc2)cn1. The Morgan fingerprint density at radius 2 is 1.80 bits per heavy atom. The lowest BCUT2D eigenvalue weighted by Gasteiger charge is -2.39. The molecule has 9 heteroatoms. The number of aryl methyl sites for hydroxylation is 1. The summed E-state index contributed by atoms with van der Waals surface area (Å²) in [6.45, 7) is 2.00. The summed E-state index contributed by atoms with van der Waals surface area (Å²) in [5.41, 5.74) is 1.87. The first-order valence-electron chi connectivity index (χ1n) is 11.7. The highest BCUT2D eigenvalue weighted by Gasteiger charge is 2.47. The number of imidazole rings is 1. The Hall–Kier alpha value is -3.62. The van der Waals surface area contributed by atoms with Gasteiger partial charge in [0.2, 0.25) is 0 Å². The third-order valence-corrected chi connectivity index (χ3v) is 6.71. The highest BCUT2D eigenvalue weighted by molar-refractivity contribution is 6.46. The van der Waals surface area contributed by atoms with Crippen LogP contribution in [0.25, 0.3) is 5.69 Å². The molecule has 3 aromatic rings. The van der Waals surface area contributed by atoms with Gasteiger partial charge in [-0.25, -0.2) is 4.98 Å². The first-order chi connectivity index (χ1) is 16.7. The third kappa shape index (κ3) is 4.54. The number of nitrogens with zero attached hydrogens (tertiary/aromatic N) is 4. The summed E-state index contributed by atoms with van der Waals surface area (Å²) < 4.78 is 41.3. The number of carbonyl (C=O) groups is 1. The molecule has 0 bridgehead atoms. The molecule has 5 rings (SSSR count). The Morgan fingerprint density at radius 1 is 1.06 bits per heavy atom. The summed E-state index contributed by atoms with van der Waals surface area (Å²) in [7, 11) is 0. The van der Waals surface area contributed by atoms with Crippen molar-refractivity contribution in [2.24, 2.45) is 4.99 Å². The predicted octanol–water partition coefficient (Wildman–Crippen LogP) is 5.56. The lowest BCUT2D eigenvalue weighted by molar-refractivity contribution is -0.137. The molecule has 1 spiro atoms. The van der Waals surface area contributed by atoms with Gasteiger partial charge in [0.1, 0.15) is 11.4 Å². The molecule has 2 aromatic carbocycles. The number of amides is 1. The Morgan fingerprint density at radius 3 is 2.46 bits per heavy atom. The minimum atomic E-state index is -4.43. The van der Waals surface area contributed by atoms with Gasteiger partial charge in [-0.1, -0.05) is 24.6 Å². The van der Waals surface area contributed by atoms with Crippen molar-refractivity contribution < 1.29 is 18.0 Å². The highest BCUT2D eigenvalue weighted by Crippen LogP contribution is 2.40. The van der Waals surface area contributed by atoms with Gasteiger partial charge >= 0.3 is 6.18 Å². The molecule has 1 fully saturated rings. The van der Waals surface area contributed by atoms with Crippen molar-refractivity contribution in [1.29, 1.82) is 0 Å². The molecule has 182 valence electrons. The molecular formula is C26H26F3N5O. The largest absolute Gasteiger partial charge is 0.416 e. The highest BCUT2D eigenvalue weighted by atomic mass is 19.4. The molecule has 0 saturated heterocycles. The summed E-state index contributed by atoms with van der Waals surface area (Å²) in [4.78, 5) is 24.4. The minimum absolute atomic E-state index is 0.0829. The summed E-state index contributed by atoms with van der Waals surface area (Å²) in [5.74, 6) is -0.211. The lowest BCUT2D eigenvalue weighted by atomic mass is 9.89. The maximum Gasteiger partial charge on any atom is 0.416 e. The van der Waals surface area contributed by atoms with Gasteiger partial charge in [0.25, 0.3) is 5.91 Å². The van der Waals surface area contributed by atoms with E-state index in [9.17, 15) is 18.0 Å². The van der Waals surface area contributed by atoms with Crippen LogP contribution >= 0.6 is 0 Å². The number of nitrogens with one attached hydrogen (secondary N) is 1. The Kier molecular flexibility index (Phi) is 5.86. The van der Waals surface area contributed by atoms with Crippen molar-refractivity contribution in [2.45, 2.75) is 50.9 Å². The zero-order valence-electron chi connectivity index (χ0n) is 19.3. The molecule has 1 amide bonds. The lowest BCUT2D eigenvalue weighted by Crippen LogP contribution is -2.50. The average Bonchev–Trinajstić information content (AvgIpc) is 3.39. The second kappa shape index (κ2) is 8.87. The Balaban J connectivity index is 1.39. The Bertz CT molecular complexity index is 1260. The number of halogens is 3.